The zero-order chi connectivity index (χ0) is 9.42. The maximum atomic E-state index is 9.18. The van der Waals surface area contributed by atoms with Crippen LogP contribution in [0.15, 0.2) is 18.2 Å². The summed E-state index contributed by atoms with van der Waals surface area (Å²) in [5, 5.41) is 10.0. The average Bonchev–Trinajstić information content (AvgIpc) is 2.06. The number of halogens is 1. The molecule has 1 aromatic carbocycles. The van der Waals surface area contributed by atoms with Gasteiger partial charge in [0, 0.05) is 5.39 Å². The van der Waals surface area contributed by atoms with Crippen LogP contribution in [0.4, 0.5) is 5.95 Å². The predicted molar refractivity (Wildman–Crippen MR) is 50.6 cm³/mol. The van der Waals surface area contributed by atoms with Gasteiger partial charge in [0.2, 0.25) is 5.95 Å². The molecule has 0 unspecified atom stereocenters. The third kappa shape index (κ3) is 1.36. The van der Waals surface area contributed by atoms with Gasteiger partial charge < -0.3 is 10.8 Å². The number of phenols is 1. The van der Waals surface area contributed by atoms with Gasteiger partial charge in [-0.3, -0.25) is 0 Å². The maximum absolute atomic E-state index is 9.18. The molecular weight excluding hydrogens is 190 g/mol. The Bertz CT molecular complexity index is 472. The monoisotopic (exact) mass is 195 g/mol. The van der Waals surface area contributed by atoms with Crippen molar-refractivity contribution in [3.05, 3.63) is 23.4 Å². The Hall–Kier alpha value is -1.55. The maximum Gasteiger partial charge on any atom is 0.222 e. The third-order valence-corrected chi connectivity index (χ3v) is 1.94. The van der Waals surface area contributed by atoms with Crippen LogP contribution in [0.1, 0.15) is 0 Å². The Labute approximate surface area is 79.0 Å². The molecule has 0 radical (unpaired) electrons. The van der Waals surface area contributed by atoms with Crippen molar-refractivity contribution in [1.82, 2.24) is 9.97 Å². The summed E-state index contributed by atoms with van der Waals surface area (Å²) in [7, 11) is 0. The van der Waals surface area contributed by atoms with E-state index in [4.69, 9.17) is 17.3 Å². The van der Waals surface area contributed by atoms with Crippen LogP contribution in [-0.2, 0) is 0 Å². The lowest BCUT2D eigenvalue weighted by Gasteiger charge is -2.00. The van der Waals surface area contributed by atoms with E-state index in [1.165, 1.54) is 12.1 Å². The SMILES string of the molecule is Nc1nc(Cl)c2cc(O)ccc2n1. The first-order valence-electron chi connectivity index (χ1n) is 3.58. The highest BCUT2D eigenvalue weighted by Crippen LogP contribution is 2.24. The van der Waals surface area contributed by atoms with E-state index in [0.29, 0.717) is 10.9 Å². The van der Waals surface area contributed by atoms with Crippen LogP contribution in [-0.4, -0.2) is 15.1 Å². The third-order valence-electron chi connectivity index (χ3n) is 1.65. The second kappa shape index (κ2) is 2.74. The van der Waals surface area contributed by atoms with E-state index in [1.54, 1.807) is 6.07 Å². The second-order valence-corrected chi connectivity index (χ2v) is 2.93. The number of nitrogens with zero attached hydrogens (tertiary/aromatic N) is 2. The topological polar surface area (TPSA) is 72.0 Å². The zero-order valence-corrected chi connectivity index (χ0v) is 7.28. The summed E-state index contributed by atoms with van der Waals surface area (Å²) in [6.07, 6.45) is 0. The summed E-state index contributed by atoms with van der Waals surface area (Å²) >= 11 is 5.79. The Kier molecular flexibility index (Phi) is 1.70. The van der Waals surface area contributed by atoms with Gasteiger partial charge in [0.15, 0.2) is 0 Å². The number of phenolic OH excluding ortho intramolecular Hbond substituents is 1. The van der Waals surface area contributed by atoms with Gasteiger partial charge in [-0.1, -0.05) is 11.6 Å². The number of fused-ring (bicyclic) bond motifs is 1. The highest BCUT2D eigenvalue weighted by molar-refractivity contribution is 6.34. The summed E-state index contributed by atoms with van der Waals surface area (Å²) in [6.45, 7) is 0. The van der Waals surface area contributed by atoms with Crippen molar-refractivity contribution in [3.63, 3.8) is 0 Å². The molecule has 1 heterocycles. The number of benzene rings is 1. The highest BCUT2D eigenvalue weighted by Gasteiger charge is 2.03. The van der Waals surface area contributed by atoms with Gasteiger partial charge in [-0.15, -0.1) is 0 Å². The minimum absolute atomic E-state index is 0.128. The number of nitrogens with two attached hydrogens (primary N) is 1. The van der Waals surface area contributed by atoms with E-state index in [9.17, 15) is 5.11 Å². The van der Waals surface area contributed by atoms with Gasteiger partial charge in [0.1, 0.15) is 10.9 Å². The minimum Gasteiger partial charge on any atom is -0.508 e. The quantitative estimate of drug-likeness (QED) is 0.626. The van der Waals surface area contributed by atoms with Crippen LogP contribution >= 0.6 is 11.6 Å². The molecule has 5 heteroatoms. The van der Waals surface area contributed by atoms with Gasteiger partial charge in [-0.2, -0.15) is 0 Å². The normalized spacial score (nSPS) is 10.5. The Morgan fingerprint density at radius 2 is 2.08 bits per heavy atom. The molecule has 0 fully saturated rings. The van der Waals surface area contributed by atoms with Gasteiger partial charge >= 0.3 is 0 Å². The lowest BCUT2D eigenvalue weighted by molar-refractivity contribution is 0.476. The van der Waals surface area contributed by atoms with Crippen LogP contribution in [0.5, 0.6) is 5.75 Å². The van der Waals surface area contributed by atoms with Crippen LogP contribution in [0.3, 0.4) is 0 Å². The Morgan fingerprint density at radius 3 is 2.85 bits per heavy atom. The van der Waals surface area contributed by atoms with E-state index in [-0.39, 0.29) is 16.9 Å². The lowest BCUT2D eigenvalue weighted by atomic mass is 10.2. The lowest BCUT2D eigenvalue weighted by Crippen LogP contribution is -1.95. The number of rotatable bonds is 0. The Morgan fingerprint density at radius 1 is 1.31 bits per heavy atom. The molecule has 0 amide bonds. The molecule has 1 aromatic heterocycles. The summed E-state index contributed by atoms with van der Waals surface area (Å²) in [6, 6.07) is 4.65. The largest absolute Gasteiger partial charge is 0.508 e. The molecule has 0 aliphatic carbocycles. The van der Waals surface area contributed by atoms with Crippen LogP contribution in [0.25, 0.3) is 10.9 Å². The van der Waals surface area contributed by atoms with Crippen molar-refractivity contribution < 1.29 is 5.11 Å². The molecule has 2 aromatic rings. The van der Waals surface area contributed by atoms with Crippen molar-refractivity contribution in [2.24, 2.45) is 0 Å². The van der Waals surface area contributed by atoms with Crippen molar-refractivity contribution in [2.45, 2.75) is 0 Å². The van der Waals surface area contributed by atoms with E-state index >= 15 is 0 Å². The predicted octanol–water partition coefficient (Wildman–Crippen LogP) is 1.57. The fourth-order valence-electron chi connectivity index (χ4n) is 1.10. The van der Waals surface area contributed by atoms with Crippen LogP contribution in [0, 0.1) is 0 Å². The van der Waals surface area contributed by atoms with Gasteiger partial charge in [-0.05, 0) is 18.2 Å². The van der Waals surface area contributed by atoms with Crippen LogP contribution in [0.2, 0.25) is 5.15 Å². The number of nitrogen functional groups attached to an aromatic ring is 1. The highest BCUT2D eigenvalue weighted by atomic mass is 35.5. The molecule has 0 spiro atoms. The number of hydrogen-bond donors (Lipinski definition) is 2. The average molecular weight is 196 g/mol. The number of aromatic nitrogens is 2. The molecule has 2 rings (SSSR count). The molecule has 66 valence electrons. The summed E-state index contributed by atoms with van der Waals surface area (Å²) < 4.78 is 0. The number of anilines is 1. The molecule has 0 atom stereocenters. The fraction of sp³-hybridized carbons (Fsp3) is 0. The summed E-state index contributed by atoms with van der Waals surface area (Å²) in [5.41, 5.74) is 6.01. The Balaban J connectivity index is 2.87. The second-order valence-electron chi connectivity index (χ2n) is 2.57. The number of hydrogen-bond acceptors (Lipinski definition) is 4. The van der Waals surface area contributed by atoms with Crippen molar-refractivity contribution in [2.75, 3.05) is 5.73 Å². The van der Waals surface area contributed by atoms with E-state index < -0.39 is 0 Å². The molecule has 13 heavy (non-hydrogen) atoms. The standard InChI is InChI=1S/C8H6ClN3O/c9-7-5-3-4(13)1-2-6(5)11-8(10)12-7/h1-3,13H,(H2,10,11,12). The van der Waals surface area contributed by atoms with E-state index in [2.05, 4.69) is 9.97 Å². The fourth-order valence-corrected chi connectivity index (χ4v) is 1.33. The summed E-state index contributed by atoms with van der Waals surface area (Å²) in [5.74, 6) is 0.256. The molecular formula is C8H6ClN3O. The van der Waals surface area contributed by atoms with E-state index in [0.717, 1.165) is 0 Å². The first-order chi connectivity index (χ1) is 6.16. The molecule has 0 saturated heterocycles. The molecule has 4 nitrogen and oxygen atoms in total. The van der Waals surface area contributed by atoms with Crippen molar-refractivity contribution in [1.29, 1.82) is 0 Å². The van der Waals surface area contributed by atoms with Crippen molar-refractivity contribution in [3.8, 4) is 5.75 Å². The summed E-state index contributed by atoms with van der Waals surface area (Å²) in [4.78, 5) is 7.71. The zero-order valence-electron chi connectivity index (χ0n) is 6.53. The number of aromatic hydroxyl groups is 1. The first-order valence-corrected chi connectivity index (χ1v) is 3.96. The molecule has 0 bridgehead atoms. The smallest absolute Gasteiger partial charge is 0.222 e. The molecule has 0 aliphatic heterocycles. The van der Waals surface area contributed by atoms with Crippen LogP contribution < -0.4 is 5.73 Å². The van der Waals surface area contributed by atoms with Gasteiger partial charge in [-0.25, -0.2) is 9.97 Å². The van der Waals surface area contributed by atoms with E-state index in [1.807, 2.05) is 0 Å². The van der Waals surface area contributed by atoms with Crippen molar-refractivity contribution >= 4 is 28.5 Å². The first kappa shape index (κ1) is 8.07. The molecule has 3 N–H and O–H groups in total. The molecule has 0 saturated carbocycles. The van der Waals surface area contributed by atoms with Gasteiger partial charge in [0.05, 0.1) is 5.52 Å². The van der Waals surface area contributed by atoms with Gasteiger partial charge in [0.25, 0.3) is 0 Å². The minimum atomic E-state index is 0.128. The molecule has 0 aliphatic rings.